The molecule has 8 heteroatoms. The van der Waals surface area contributed by atoms with Crippen LogP contribution in [0, 0.1) is 0 Å². The summed E-state index contributed by atoms with van der Waals surface area (Å²) in [4.78, 5) is 13.2. The Morgan fingerprint density at radius 1 is 1.19 bits per heavy atom. The standard InChI is InChI=1S/C19H24N2O4S2/c1-25-17-9-5-8-16(14-17)21(27(3,23)24)12-6-11-19(22)20-15-7-4-10-18(13-15)26-2/h4-5,7-10,13-14H,6,11-12H2,1-3H3,(H,20,22). The van der Waals surface area contributed by atoms with Crippen molar-refractivity contribution >= 4 is 39.1 Å². The van der Waals surface area contributed by atoms with Gasteiger partial charge in [-0.05, 0) is 43.0 Å². The largest absolute Gasteiger partial charge is 0.497 e. The predicted octanol–water partition coefficient (Wildman–Crippen LogP) is 3.60. The maximum atomic E-state index is 12.2. The van der Waals surface area contributed by atoms with E-state index in [0.717, 1.165) is 16.8 Å². The highest BCUT2D eigenvalue weighted by Crippen LogP contribution is 2.24. The van der Waals surface area contributed by atoms with Crippen molar-refractivity contribution < 1.29 is 17.9 Å². The number of rotatable bonds is 9. The van der Waals surface area contributed by atoms with E-state index < -0.39 is 10.0 Å². The van der Waals surface area contributed by atoms with E-state index >= 15 is 0 Å². The van der Waals surface area contributed by atoms with Gasteiger partial charge in [-0.3, -0.25) is 9.10 Å². The first-order chi connectivity index (χ1) is 12.8. The summed E-state index contributed by atoms with van der Waals surface area (Å²) in [6.45, 7) is 0.213. The molecule has 6 nitrogen and oxygen atoms in total. The molecule has 0 radical (unpaired) electrons. The van der Waals surface area contributed by atoms with Gasteiger partial charge >= 0.3 is 0 Å². The van der Waals surface area contributed by atoms with Crippen LogP contribution in [0.2, 0.25) is 0 Å². The van der Waals surface area contributed by atoms with Crippen LogP contribution < -0.4 is 14.4 Å². The van der Waals surface area contributed by atoms with Gasteiger partial charge in [0.25, 0.3) is 0 Å². The van der Waals surface area contributed by atoms with E-state index in [-0.39, 0.29) is 18.9 Å². The molecular formula is C19H24N2O4S2. The van der Waals surface area contributed by atoms with Gasteiger partial charge in [0, 0.05) is 29.6 Å². The average Bonchev–Trinajstić information content (AvgIpc) is 2.64. The number of thioether (sulfide) groups is 1. The lowest BCUT2D eigenvalue weighted by Gasteiger charge is -2.22. The Labute approximate surface area is 165 Å². The molecule has 0 atom stereocenters. The van der Waals surface area contributed by atoms with Crippen molar-refractivity contribution in [2.24, 2.45) is 0 Å². The minimum absolute atomic E-state index is 0.146. The lowest BCUT2D eigenvalue weighted by Crippen LogP contribution is -2.31. The summed E-state index contributed by atoms with van der Waals surface area (Å²) in [5.74, 6) is 0.430. The number of methoxy groups -OCH3 is 1. The minimum Gasteiger partial charge on any atom is -0.497 e. The number of nitrogens with one attached hydrogen (secondary N) is 1. The summed E-state index contributed by atoms with van der Waals surface area (Å²) in [5.41, 5.74) is 1.25. The zero-order chi connectivity index (χ0) is 19.9. The first-order valence-electron chi connectivity index (χ1n) is 8.39. The number of carbonyl (C=O) groups is 1. The highest BCUT2D eigenvalue weighted by Gasteiger charge is 2.18. The Hall–Kier alpha value is -2.19. The molecule has 27 heavy (non-hydrogen) atoms. The van der Waals surface area contributed by atoms with Crippen LogP contribution in [-0.2, 0) is 14.8 Å². The molecule has 2 aromatic carbocycles. The Morgan fingerprint density at radius 3 is 2.59 bits per heavy atom. The number of amides is 1. The maximum absolute atomic E-state index is 12.2. The highest BCUT2D eigenvalue weighted by atomic mass is 32.2. The first-order valence-corrected chi connectivity index (χ1v) is 11.5. The highest BCUT2D eigenvalue weighted by molar-refractivity contribution is 7.98. The van der Waals surface area contributed by atoms with Crippen LogP contribution in [0.3, 0.4) is 0 Å². The Bertz CT molecular complexity index is 885. The summed E-state index contributed by atoms with van der Waals surface area (Å²) in [6, 6.07) is 14.4. The van der Waals surface area contributed by atoms with Crippen LogP contribution >= 0.6 is 11.8 Å². The Balaban J connectivity index is 1.98. The van der Waals surface area contributed by atoms with Gasteiger partial charge in [0.1, 0.15) is 5.75 Å². The molecule has 2 rings (SSSR count). The van der Waals surface area contributed by atoms with E-state index in [2.05, 4.69) is 5.32 Å². The van der Waals surface area contributed by atoms with Crippen LogP contribution in [0.25, 0.3) is 0 Å². The molecular weight excluding hydrogens is 384 g/mol. The van der Waals surface area contributed by atoms with E-state index in [4.69, 9.17) is 4.74 Å². The van der Waals surface area contributed by atoms with Gasteiger partial charge in [0.05, 0.1) is 19.1 Å². The third-order valence-corrected chi connectivity index (χ3v) is 5.78. The molecule has 0 aromatic heterocycles. The van der Waals surface area contributed by atoms with Gasteiger partial charge in [0.15, 0.2) is 0 Å². The fourth-order valence-electron chi connectivity index (χ4n) is 2.56. The lowest BCUT2D eigenvalue weighted by atomic mass is 10.2. The molecule has 2 aromatic rings. The molecule has 1 amide bonds. The molecule has 0 fully saturated rings. The van der Waals surface area contributed by atoms with Crippen molar-refractivity contribution in [3.63, 3.8) is 0 Å². The zero-order valence-electron chi connectivity index (χ0n) is 15.6. The topological polar surface area (TPSA) is 75.7 Å². The molecule has 0 aliphatic heterocycles. The number of hydrogen-bond donors (Lipinski definition) is 1. The van der Waals surface area contributed by atoms with E-state index in [1.165, 1.54) is 11.4 Å². The second-order valence-electron chi connectivity index (χ2n) is 5.92. The molecule has 0 aliphatic carbocycles. The molecule has 0 saturated carbocycles. The van der Waals surface area contributed by atoms with Crippen molar-refractivity contribution in [3.8, 4) is 5.75 Å². The summed E-state index contributed by atoms with van der Waals surface area (Å²) in [7, 11) is -1.94. The van der Waals surface area contributed by atoms with E-state index in [1.807, 2.05) is 30.5 Å². The predicted molar refractivity (Wildman–Crippen MR) is 111 cm³/mol. The smallest absolute Gasteiger partial charge is 0.232 e. The Kier molecular flexibility index (Phi) is 7.55. The van der Waals surface area contributed by atoms with Crippen molar-refractivity contribution in [1.29, 1.82) is 0 Å². The normalized spacial score (nSPS) is 11.1. The van der Waals surface area contributed by atoms with Gasteiger partial charge in [-0.25, -0.2) is 8.42 Å². The Morgan fingerprint density at radius 2 is 1.93 bits per heavy atom. The van der Waals surface area contributed by atoms with Crippen LogP contribution in [-0.4, -0.2) is 40.5 Å². The first kappa shape index (κ1) is 21.1. The van der Waals surface area contributed by atoms with E-state index in [1.54, 1.807) is 36.0 Å². The average molecular weight is 409 g/mol. The maximum Gasteiger partial charge on any atom is 0.232 e. The fraction of sp³-hybridized carbons (Fsp3) is 0.316. The third kappa shape index (κ3) is 6.48. The van der Waals surface area contributed by atoms with E-state index in [9.17, 15) is 13.2 Å². The number of benzene rings is 2. The van der Waals surface area contributed by atoms with Crippen molar-refractivity contribution in [3.05, 3.63) is 48.5 Å². The molecule has 0 bridgehead atoms. The number of carbonyl (C=O) groups excluding carboxylic acids is 1. The quantitative estimate of drug-likeness (QED) is 0.642. The molecule has 0 heterocycles. The number of nitrogens with zero attached hydrogens (tertiary/aromatic N) is 1. The molecule has 0 aliphatic rings. The molecule has 146 valence electrons. The number of anilines is 2. The van der Waals surface area contributed by atoms with Gasteiger partial charge in [-0.1, -0.05) is 12.1 Å². The zero-order valence-corrected chi connectivity index (χ0v) is 17.3. The van der Waals surface area contributed by atoms with Crippen LogP contribution in [0.1, 0.15) is 12.8 Å². The minimum atomic E-state index is -3.47. The summed E-state index contributed by atoms with van der Waals surface area (Å²) >= 11 is 1.60. The van der Waals surface area contributed by atoms with Gasteiger partial charge in [-0.2, -0.15) is 0 Å². The molecule has 1 N–H and O–H groups in total. The van der Waals surface area contributed by atoms with Crippen LogP contribution in [0.4, 0.5) is 11.4 Å². The molecule has 0 spiro atoms. The second-order valence-corrected chi connectivity index (χ2v) is 8.71. The van der Waals surface area contributed by atoms with Crippen LogP contribution in [0.15, 0.2) is 53.4 Å². The van der Waals surface area contributed by atoms with Gasteiger partial charge < -0.3 is 10.1 Å². The number of hydrogen-bond acceptors (Lipinski definition) is 5. The van der Waals surface area contributed by atoms with E-state index in [0.29, 0.717) is 17.9 Å². The second kappa shape index (κ2) is 9.66. The summed E-state index contributed by atoms with van der Waals surface area (Å²) in [6.07, 6.45) is 3.75. The van der Waals surface area contributed by atoms with Gasteiger partial charge in [-0.15, -0.1) is 11.8 Å². The monoisotopic (exact) mass is 408 g/mol. The number of sulfonamides is 1. The molecule has 0 unspecified atom stereocenters. The van der Waals surface area contributed by atoms with Gasteiger partial charge in [0.2, 0.25) is 15.9 Å². The van der Waals surface area contributed by atoms with Crippen LogP contribution in [0.5, 0.6) is 5.75 Å². The van der Waals surface area contributed by atoms with Crippen molar-refractivity contribution in [2.45, 2.75) is 17.7 Å². The lowest BCUT2D eigenvalue weighted by molar-refractivity contribution is -0.116. The third-order valence-electron chi connectivity index (χ3n) is 3.86. The summed E-state index contributed by atoms with van der Waals surface area (Å²) < 4.78 is 30.7. The number of ether oxygens (including phenoxy) is 1. The van der Waals surface area contributed by atoms with Crippen molar-refractivity contribution in [2.75, 3.05) is 35.8 Å². The van der Waals surface area contributed by atoms with Crippen molar-refractivity contribution in [1.82, 2.24) is 0 Å². The fourth-order valence-corrected chi connectivity index (χ4v) is 3.98. The molecule has 0 saturated heterocycles. The summed E-state index contributed by atoms with van der Waals surface area (Å²) in [5, 5.41) is 2.85. The SMILES string of the molecule is COc1cccc(N(CCCC(=O)Nc2cccc(SC)c2)S(C)(=O)=O)c1.